The van der Waals surface area contributed by atoms with E-state index in [0.717, 1.165) is 32.5 Å². The van der Waals surface area contributed by atoms with Gasteiger partial charge in [-0.25, -0.2) is 0 Å². The van der Waals surface area contributed by atoms with Crippen molar-refractivity contribution in [3.8, 4) is 0 Å². The van der Waals surface area contributed by atoms with Crippen LogP contribution in [0.4, 0.5) is 0 Å². The highest BCUT2D eigenvalue weighted by Gasteiger charge is 2.09. The third-order valence-corrected chi connectivity index (χ3v) is 4.31. The standard InChI is InChI=1S/C14H24N4S/c15-14(17-8-6-13-5-3-12-19-13)16-7-4-11-18-9-1-2-10-18/h3,5,12H,1-2,4,6-11H2,(H3,15,16,17). The Morgan fingerprint density at radius 1 is 1.42 bits per heavy atom. The van der Waals surface area contributed by atoms with Crippen molar-refractivity contribution < 1.29 is 0 Å². The molecule has 0 aromatic carbocycles. The number of guanidine groups is 1. The largest absolute Gasteiger partial charge is 0.370 e. The summed E-state index contributed by atoms with van der Waals surface area (Å²) in [4.78, 5) is 8.26. The van der Waals surface area contributed by atoms with Gasteiger partial charge in [0.25, 0.3) is 0 Å². The molecule has 1 aliphatic heterocycles. The van der Waals surface area contributed by atoms with Crippen LogP contribution in [0.3, 0.4) is 0 Å². The van der Waals surface area contributed by atoms with Crippen LogP contribution in [0.25, 0.3) is 0 Å². The Hall–Kier alpha value is -1.07. The first kappa shape index (κ1) is 14.3. The van der Waals surface area contributed by atoms with E-state index in [9.17, 15) is 0 Å². The Labute approximate surface area is 119 Å². The smallest absolute Gasteiger partial charge is 0.188 e. The summed E-state index contributed by atoms with van der Waals surface area (Å²) in [6.45, 7) is 5.37. The fourth-order valence-electron chi connectivity index (χ4n) is 2.32. The number of aliphatic imine (C=N–C) groups is 1. The van der Waals surface area contributed by atoms with Gasteiger partial charge in [0.2, 0.25) is 0 Å². The minimum Gasteiger partial charge on any atom is -0.370 e. The van der Waals surface area contributed by atoms with E-state index in [0.29, 0.717) is 5.96 Å². The SMILES string of the molecule is NC(=NCCCN1CCCC1)NCCc1cccs1. The molecule has 0 atom stereocenters. The predicted octanol–water partition coefficient (Wildman–Crippen LogP) is 1.68. The molecule has 1 aromatic heterocycles. The predicted molar refractivity (Wildman–Crippen MR) is 82.8 cm³/mol. The molecule has 0 spiro atoms. The van der Waals surface area contributed by atoms with Crippen molar-refractivity contribution in [3.63, 3.8) is 0 Å². The lowest BCUT2D eigenvalue weighted by molar-refractivity contribution is 0.336. The molecular formula is C14H24N4S. The molecule has 1 aromatic rings. The zero-order valence-electron chi connectivity index (χ0n) is 11.5. The van der Waals surface area contributed by atoms with Crippen LogP contribution < -0.4 is 11.1 Å². The van der Waals surface area contributed by atoms with Gasteiger partial charge in [-0.05, 0) is 56.8 Å². The average molecular weight is 280 g/mol. The van der Waals surface area contributed by atoms with E-state index in [1.54, 1.807) is 11.3 Å². The summed E-state index contributed by atoms with van der Waals surface area (Å²) < 4.78 is 0. The third kappa shape index (κ3) is 5.61. The first-order valence-corrected chi connectivity index (χ1v) is 8.01. The van der Waals surface area contributed by atoms with Crippen molar-refractivity contribution in [2.24, 2.45) is 10.7 Å². The number of nitrogens with one attached hydrogen (secondary N) is 1. The fraction of sp³-hybridized carbons (Fsp3) is 0.643. The number of likely N-dealkylation sites (tertiary alicyclic amines) is 1. The highest BCUT2D eigenvalue weighted by molar-refractivity contribution is 7.09. The zero-order chi connectivity index (χ0) is 13.3. The van der Waals surface area contributed by atoms with E-state index < -0.39 is 0 Å². The van der Waals surface area contributed by atoms with Crippen LogP contribution in [0, 0.1) is 0 Å². The number of nitrogens with two attached hydrogens (primary N) is 1. The van der Waals surface area contributed by atoms with Gasteiger partial charge < -0.3 is 16.0 Å². The Balaban J connectivity index is 1.52. The lowest BCUT2D eigenvalue weighted by Crippen LogP contribution is -2.33. The van der Waals surface area contributed by atoms with Crippen molar-refractivity contribution in [1.82, 2.24) is 10.2 Å². The van der Waals surface area contributed by atoms with E-state index in [1.165, 1.54) is 30.8 Å². The summed E-state index contributed by atoms with van der Waals surface area (Å²) >= 11 is 1.78. The molecule has 0 saturated carbocycles. The van der Waals surface area contributed by atoms with Crippen LogP contribution in [0.5, 0.6) is 0 Å². The highest BCUT2D eigenvalue weighted by Crippen LogP contribution is 2.08. The van der Waals surface area contributed by atoms with E-state index in [4.69, 9.17) is 5.73 Å². The molecule has 4 nitrogen and oxygen atoms in total. The normalized spacial score (nSPS) is 16.9. The maximum atomic E-state index is 5.84. The van der Waals surface area contributed by atoms with Crippen LogP contribution in [0.15, 0.2) is 22.5 Å². The highest BCUT2D eigenvalue weighted by atomic mass is 32.1. The first-order chi connectivity index (χ1) is 9.34. The Morgan fingerprint density at radius 3 is 3.00 bits per heavy atom. The van der Waals surface area contributed by atoms with Gasteiger partial charge in [-0.3, -0.25) is 4.99 Å². The third-order valence-electron chi connectivity index (χ3n) is 3.37. The second kappa shape index (κ2) is 8.17. The maximum absolute atomic E-state index is 5.84. The number of rotatable bonds is 7. The average Bonchev–Trinajstić information content (AvgIpc) is 3.07. The van der Waals surface area contributed by atoms with Crippen molar-refractivity contribution in [2.45, 2.75) is 25.7 Å². The van der Waals surface area contributed by atoms with Crippen molar-refractivity contribution in [2.75, 3.05) is 32.7 Å². The second-order valence-corrected chi connectivity index (χ2v) is 5.96. The van der Waals surface area contributed by atoms with Gasteiger partial charge in [-0.15, -0.1) is 11.3 Å². The molecule has 1 fully saturated rings. The molecule has 19 heavy (non-hydrogen) atoms. The minimum absolute atomic E-state index is 0.581. The van der Waals surface area contributed by atoms with Gasteiger partial charge in [-0.2, -0.15) is 0 Å². The van der Waals surface area contributed by atoms with E-state index in [2.05, 4.69) is 32.7 Å². The summed E-state index contributed by atoms with van der Waals surface area (Å²) in [5, 5.41) is 5.27. The van der Waals surface area contributed by atoms with Crippen LogP contribution >= 0.6 is 11.3 Å². The van der Waals surface area contributed by atoms with E-state index in [-0.39, 0.29) is 0 Å². The maximum Gasteiger partial charge on any atom is 0.188 e. The molecule has 5 heteroatoms. The molecule has 1 aliphatic rings. The molecule has 2 rings (SSSR count). The van der Waals surface area contributed by atoms with Gasteiger partial charge in [-0.1, -0.05) is 6.07 Å². The second-order valence-electron chi connectivity index (χ2n) is 4.93. The van der Waals surface area contributed by atoms with Gasteiger partial charge in [0.1, 0.15) is 0 Å². The summed E-state index contributed by atoms with van der Waals surface area (Å²) in [6.07, 6.45) is 4.83. The van der Waals surface area contributed by atoms with Crippen LogP contribution in [-0.4, -0.2) is 43.6 Å². The fourth-order valence-corrected chi connectivity index (χ4v) is 3.03. The first-order valence-electron chi connectivity index (χ1n) is 7.13. The van der Waals surface area contributed by atoms with E-state index >= 15 is 0 Å². The van der Waals surface area contributed by atoms with Crippen molar-refractivity contribution >= 4 is 17.3 Å². The Morgan fingerprint density at radius 2 is 2.26 bits per heavy atom. The van der Waals surface area contributed by atoms with Gasteiger partial charge in [0.15, 0.2) is 5.96 Å². The van der Waals surface area contributed by atoms with E-state index in [1.807, 2.05) is 0 Å². The molecule has 0 bridgehead atoms. The molecule has 0 aliphatic carbocycles. The molecule has 1 saturated heterocycles. The number of thiophene rings is 1. The number of hydrogen-bond acceptors (Lipinski definition) is 3. The van der Waals surface area contributed by atoms with Crippen LogP contribution in [0.1, 0.15) is 24.1 Å². The van der Waals surface area contributed by atoms with Gasteiger partial charge in [0.05, 0.1) is 0 Å². The summed E-state index contributed by atoms with van der Waals surface area (Å²) in [6, 6.07) is 4.23. The molecule has 106 valence electrons. The summed E-state index contributed by atoms with van der Waals surface area (Å²) in [7, 11) is 0. The monoisotopic (exact) mass is 280 g/mol. The molecular weight excluding hydrogens is 256 g/mol. The van der Waals surface area contributed by atoms with Crippen molar-refractivity contribution in [3.05, 3.63) is 22.4 Å². The lowest BCUT2D eigenvalue weighted by Gasteiger charge is -2.13. The Kier molecular flexibility index (Phi) is 6.17. The molecule has 0 unspecified atom stereocenters. The van der Waals surface area contributed by atoms with Crippen LogP contribution in [-0.2, 0) is 6.42 Å². The molecule has 0 radical (unpaired) electrons. The zero-order valence-corrected chi connectivity index (χ0v) is 12.3. The topological polar surface area (TPSA) is 53.6 Å². The van der Waals surface area contributed by atoms with Crippen molar-refractivity contribution in [1.29, 1.82) is 0 Å². The van der Waals surface area contributed by atoms with Crippen LogP contribution in [0.2, 0.25) is 0 Å². The lowest BCUT2D eigenvalue weighted by atomic mass is 10.3. The summed E-state index contributed by atoms with van der Waals surface area (Å²) in [5.74, 6) is 0.581. The number of nitrogens with zero attached hydrogens (tertiary/aromatic N) is 2. The molecule has 3 N–H and O–H groups in total. The van der Waals surface area contributed by atoms with Gasteiger partial charge >= 0.3 is 0 Å². The Bertz CT molecular complexity index is 369. The molecule has 0 amide bonds. The summed E-state index contributed by atoms with van der Waals surface area (Å²) in [5.41, 5.74) is 5.84. The van der Waals surface area contributed by atoms with Gasteiger partial charge in [0, 0.05) is 18.0 Å². The number of hydrogen-bond donors (Lipinski definition) is 2. The minimum atomic E-state index is 0.581. The molecule has 2 heterocycles. The quantitative estimate of drug-likeness (QED) is 0.454.